The summed E-state index contributed by atoms with van der Waals surface area (Å²) < 4.78 is 134. The molecule has 26 nitrogen and oxygen atoms in total. The number of carbonyl (C=O) groups is 2. The van der Waals surface area contributed by atoms with Crippen molar-refractivity contribution in [2.24, 2.45) is 10.2 Å². The van der Waals surface area contributed by atoms with E-state index in [0.29, 0.717) is 12.2 Å². The molecule has 28 N–H and O–H groups in total. The third-order valence-corrected chi connectivity index (χ3v) is 11.7. The zero-order valence-electron chi connectivity index (χ0n) is 33.0. The molecule has 0 saturated carbocycles. The largest absolute Gasteiger partial charge is 0.506 e. The molecule has 0 fully saturated rings. The van der Waals surface area contributed by atoms with Crippen molar-refractivity contribution >= 4 is 98.4 Å². The molecule has 4 aromatic carbocycles. The Morgan fingerprint density at radius 3 is 1.06 bits per heavy atom. The molecule has 2 aliphatic rings. The molecule has 0 atom stereocenters. The van der Waals surface area contributed by atoms with Crippen molar-refractivity contribution in [3.63, 3.8) is 0 Å². The predicted octanol–water partition coefficient (Wildman–Crippen LogP) is 3.71. The number of benzene rings is 4. The van der Waals surface area contributed by atoms with E-state index in [1.807, 2.05) is 0 Å². The number of nitrogen functional groups attached to an aromatic ring is 2. The van der Waals surface area contributed by atoms with Gasteiger partial charge in [-0.25, -0.2) is 0 Å². The van der Waals surface area contributed by atoms with Gasteiger partial charge in [-0.15, -0.1) is 0 Å². The molecular weight excluding hydrogens is 1040 g/mol. The molecule has 2 radical (unpaired) electrons. The Bertz CT molecular complexity index is 2950. The summed E-state index contributed by atoms with van der Waals surface area (Å²) in [6.45, 7) is 0. The monoisotopic (exact) mass is 1070 g/mol. The number of hydrogen-bond donors (Lipinski definition) is 14. The molecule has 0 spiro atoms. The van der Waals surface area contributed by atoms with Crippen molar-refractivity contribution in [3.8, 4) is 22.6 Å². The van der Waals surface area contributed by atoms with Crippen molar-refractivity contribution < 1.29 is 106 Å². The number of hydrazone groups is 2. The normalized spacial score (nSPS) is 14.6. The van der Waals surface area contributed by atoms with E-state index < -0.39 is 117 Å². The van der Waals surface area contributed by atoms with Crippen LogP contribution in [0.2, 0.25) is 0 Å². The quantitative estimate of drug-likeness (QED) is 0.0373. The van der Waals surface area contributed by atoms with Gasteiger partial charge in [-0.05, 0) is 82.9 Å². The van der Waals surface area contributed by atoms with E-state index in [0.717, 1.165) is 36.4 Å². The SMILES string of the molecule is Nc1cc(S(=O)(=O)O)cc2c1C(=O)/C(=N\Nc1ccc(-c3ccc(N/N=C4\C(=O)c5c(N)cc(S(=O)(=O)O)cc5C=C4S(=O)(=O)O)c(O)c3)cc1O)C(S(=O)(=O)O)=C2.[Cu].[Cu].[NH4+].[NH4+].[NH4+].[NH4+]. The zero-order chi connectivity index (χ0) is 42.9. The maximum atomic E-state index is 13.3. The second kappa shape index (κ2) is 20.5. The fourth-order valence-electron chi connectivity index (χ4n) is 5.70. The smallest absolute Gasteiger partial charge is 0.296 e. The first-order valence-corrected chi connectivity index (χ1v) is 21.2. The standard InChI is InChI=1S/C32H24N6O16S4.2Cu.4H3N/c33-19-11-17(55(43,44)45)5-15-9-25(57(49,50)51)29(31(41)27(15)19)37-35-21-3-1-13(7-23(21)39)14-2-4-22(24(40)8-14)36-38-30-26(58(52,53)54)10-16-6-18(56(46,47)48)12-20(34)28(16)32(30)42;;;;;;/h1-12,35-36,39-40H,33-34H2,(H,43,44,45)(H,46,47,48)(H,49,50,51)(H,52,53,54);;;4*1H3/p+4/b37-29-,38-30-;;;;;;. The van der Waals surface area contributed by atoms with Gasteiger partial charge in [0.2, 0.25) is 11.6 Å². The maximum Gasteiger partial charge on any atom is 0.296 e. The average Bonchev–Trinajstić information content (AvgIpc) is 3.09. The van der Waals surface area contributed by atoms with Crippen LogP contribution in [0.3, 0.4) is 0 Å². The van der Waals surface area contributed by atoms with Crippen molar-refractivity contribution in [1.82, 2.24) is 24.6 Å². The summed E-state index contributed by atoms with van der Waals surface area (Å²) in [6, 6.07) is 10.5. The van der Waals surface area contributed by atoms with Gasteiger partial charge < -0.3 is 46.3 Å². The second-order valence-electron chi connectivity index (χ2n) is 12.1. The topological polar surface area (TPSA) is 539 Å². The Kier molecular flexibility index (Phi) is 18.7. The number of ketones is 2. The average molecular weight is 1080 g/mol. The van der Waals surface area contributed by atoms with Crippen LogP contribution in [0.5, 0.6) is 11.5 Å². The van der Waals surface area contributed by atoms with Gasteiger partial charge in [0.05, 0.1) is 32.3 Å². The van der Waals surface area contributed by atoms with Gasteiger partial charge in [-0.2, -0.15) is 43.9 Å². The Hall–Kier alpha value is -5.64. The van der Waals surface area contributed by atoms with Crippen LogP contribution in [0.4, 0.5) is 22.7 Å². The molecule has 0 unspecified atom stereocenters. The van der Waals surface area contributed by atoms with E-state index in [4.69, 9.17) is 11.5 Å². The predicted molar refractivity (Wildman–Crippen MR) is 230 cm³/mol. The summed E-state index contributed by atoms with van der Waals surface area (Å²) in [5, 5.41) is 29.0. The molecule has 32 heteroatoms. The van der Waals surface area contributed by atoms with Crippen LogP contribution >= 0.6 is 0 Å². The zero-order valence-corrected chi connectivity index (χ0v) is 38.1. The van der Waals surface area contributed by atoms with Crippen LogP contribution in [-0.2, 0) is 74.6 Å². The molecule has 0 aliphatic heterocycles. The van der Waals surface area contributed by atoms with Gasteiger partial charge in [0.25, 0.3) is 40.5 Å². The molecule has 0 heterocycles. The summed E-state index contributed by atoms with van der Waals surface area (Å²) in [4.78, 5) is 23.0. The number of nitrogens with one attached hydrogen (secondary N) is 2. The van der Waals surface area contributed by atoms with Gasteiger partial charge in [0.15, 0.2) is 11.4 Å². The van der Waals surface area contributed by atoms with Gasteiger partial charge in [0.1, 0.15) is 21.3 Å². The van der Waals surface area contributed by atoms with Crippen LogP contribution < -0.4 is 46.9 Å². The number of Topliss-reactive ketones (excluding diaryl/α,β-unsaturated/α-hetero) is 2. The molecule has 0 bridgehead atoms. The van der Waals surface area contributed by atoms with Crippen molar-refractivity contribution in [2.75, 3.05) is 22.3 Å². The van der Waals surface area contributed by atoms with E-state index in [2.05, 4.69) is 21.1 Å². The van der Waals surface area contributed by atoms with E-state index in [1.165, 1.54) is 24.3 Å². The number of quaternary nitrogens is 4. The number of phenols is 2. The Morgan fingerprint density at radius 2 is 0.797 bits per heavy atom. The first kappa shape index (κ1) is 58.4. The van der Waals surface area contributed by atoms with Crippen LogP contribution in [0.25, 0.3) is 23.3 Å². The number of nitrogens with two attached hydrogens (primary N) is 2. The number of nitrogens with zero attached hydrogens (tertiary/aromatic N) is 2. The molecule has 2 aliphatic carbocycles. The van der Waals surface area contributed by atoms with Crippen molar-refractivity contribution in [3.05, 3.63) is 92.7 Å². The molecule has 356 valence electrons. The minimum absolute atomic E-state index is 0. The molecular formula is C32H40Cu2N10O16S4+4. The fourth-order valence-corrected chi connectivity index (χ4v) is 8.12. The molecule has 64 heavy (non-hydrogen) atoms. The van der Waals surface area contributed by atoms with Gasteiger partial charge in [0, 0.05) is 45.5 Å². The van der Waals surface area contributed by atoms with Crippen LogP contribution in [0.1, 0.15) is 31.8 Å². The Balaban J connectivity index is 0.00000661. The molecule has 0 amide bonds. The minimum Gasteiger partial charge on any atom is -0.506 e. The van der Waals surface area contributed by atoms with Crippen LogP contribution in [0.15, 0.2) is 90.5 Å². The third kappa shape index (κ3) is 11.5. The van der Waals surface area contributed by atoms with E-state index >= 15 is 0 Å². The second-order valence-corrected chi connectivity index (χ2v) is 17.8. The number of anilines is 4. The summed E-state index contributed by atoms with van der Waals surface area (Å²) in [7, 11) is -20.1. The number of fused-ring (bicyclic) bond motifs is 2. The van der Waals surface area contributed by atoms with E-state index in [-0.39, 0.29) is 92.4 Å². The first-order chi connectivity index (χ1) is 26.8. The number of carbonyl (C=O) groups excluding carboxylic acids is 2. The number of rotatable bonds is 9. The third-order valence-electron chi connectivity index (χ3n) is 8.33. The van der Waals surface area contributed by atoms with Gasteiger partial charge in [-0.1, -0.05) is 12.1 Å². The Labute approximate surface area is 384 Å². The molecule has 0 aromatic heterocycles. The number of hydrogen-bond acceptors (Lipinski definition) is 18. The summed E-state index contributed by atoms with van der Waals surface area (Å²) in [5.41, 5.74) is 12.0. The summed E-state index contributed by atoms with van der Waals surface area (Å²) in [6.07, 6.45) is 1.40. The molecule has 6 rings (SSSR count). The minimum atomic E-state index is -5.19. The first-order valence-electron chi connectivity index (χ1n) is 15.4. The summed E-state index contributed by atoms with van der Waals surface area (Å²) >= 11 is 0. The number of allylic oxidation sites excluding steroid dienone is 2. The molecule has 4 aromatic rings. The van der Waals surface area contributed by atoms with E-state index in [9.17, 15) is 71.7 Å². The van der Waals surface area contributed by atoms with Gasteiger partial charge >= 0.3 is 0 Å². The molecule has 0 saturated heterocycles. The fraction of sp³-hybridized carbons (Fsp3) is 0. The van der Waals surface area contributed by atoms with E-state index in [1.54, 1.807) is 0 Å². The Morgan fingerprint density at radius 1 is 0.484 bits per heavy atom. The van der Waals surface area contributed by atoms with Gasteiger partial charge in [-0.3, -0.25) is 38.7 Å². The maximum absolute atomic E-state index is 13.3. The van der Waals surface area contributed by atoms with Crippen LogP contribution in [-0.4, -0.2) is 85.1 Å². The summed E-state index contributed by atoms with van der Waals surface area (Å²) in [5.74, 6) is -3.44. The number of aromatic hydroxyl groups is 2. The van der Waals surface area contributed by atoms with Crippen LogP contribution in [0, 0.1) is 0 Å². The number of phenolic OH excluding ortho intramolecular Hbond substituents is 2. The van der Waals surface area contributed by atoms with Crippen molar-refractivity contribution in [2.45, 2.75) is 9.79 Å². The van der Waals surface area contributed by atoms with Crippen molar-refractivity contribution in [1.29, 1.82) is 0 Å².